The van der Waals surface area contributed by atoms with Crippen molar-refractivity contribution in [2.24, 2.45) is 0 Å². The SMILES string of the molecule is O=C(O)[C@@H]1CSCN1C(=O)c1cn[nH]n1. The lowest BCUT2D eigenvalue weighted by molar-refractivity contribution is -0.140. The number of carbonyl (C=O) groups excluding carboxylic acids is 1. The Kier molecular flexibility index (Phi) is 2.58. The zero-order valence-corrected chi connectivity index (χ0v) is 8.40. The van der Waals surface area contributed by atoms with Crippen LogP contribution in [0.2, 0.25) is 0 Å². The highest BCUT2D eigenvalue weighted by atomic mass is 32.2. The van der Waals surface area contributed by atoms with E-state index in [1.807, 2.05) is 0 Å². The van der Waals surface area contributed by atoms with Crippen LogP contribution in [-0.2, 0) is 4.79 Å². The number of aliphatic carboxylic acids is 1. The van der Waals surface area contributed by atoms with Gasteiger partial charge in [0.25, 0.3) is 5.91 Å². The van der Waals surface area contributed by atoms with Gasteiger partial charge in [0.1, 0.15) is 6.04 Å². The molecular weight excluding hydrogens is 220 g/mol. The summed E-state index contributed by atoms with van der Waals surface area (Å²) in [6.45, 7) is 0. The molecule has 1 atom stereocenters. The molecule has 1 aromatic rings. The molecule has 2 rings (SSSR count). The summed E-state index contributed by atoms with van der Waals surface area (Å²) >= 11 is 1.41. The molecule has 0 bridgehead atoms. The van der Waals surface area contributed by atoms with Crippen LogP contribution in [0.4, 0.5) is 0 Å². The second-order valence-corrected chi connectivity index (χ2v) is 3.98. The maximum Gasteiger partial charge on any atom is 0.327 e. The first-order chi connectivity index (χ1) is 7.20. The van der Waals surface area contributed by atoms with Crippen molar-refractivity contribution in [3.8, 4) is 0 Å². The average molecular weight is 228 g/mol. The minimum atomic E-state index is -0.989. The van der Waals surface area contributed by atoms with Gasteiger partial charge in [-0.05, 0) is 0 Å². The molecule has 80 valence electrons. The van der Waals surface area contributed by atoms with E-state index < -0.39 is 17.9 Å². The second kappa shape index (κ2) is 3.89. The fourth-order valence-corrected chi connectivity index (χ4v) is 2.44. The Morgan fingerprint density at radius 2 is 2.47 bits per heavy atom. The van der Waals surface area contributed by atoms with E-state index in [0.29, 0.717) is 11.6 Å². The topological polar surface area (TPSA) is 99.2 Å². The molecule has 1 fully saturated rings. The van der Waals surface area contributed by atoms with E-state index in [1.165, 1.54) is 22.9 Å². The highest BCUT2D eigenvalue weighted by molar-refractivity contribution is 7.99. The van der Waals surface area contributed by atoms with Gasteiger partial charge in [0.05, 0.1) is 12.1 Å². The molecule has 0 saturated carbocycles. The Balaban J connectivity index is 2.17. The second-order valence-electron chi connectivity index (χ2n) is 2.98. The third-order valence-corrected chi connectivity index (χ3v) is 3.07. The van der Waals surface area contributed by atoms with E-state index >= 15 is 0 Å². The molecule has 2 heterocycles. The number of H-pyrrole nitrogens is 1. The van der Waals surface area contributed by atoms with Crippen molar-refractivity contribution in [2.75, 3.05) is 11.6 Å². The maximum atomic E-state index is 11.7. The number of carboxylic acids is 1. The average Bonchev–Trinajstić information content (AvgIpc) is 2.88. The monoisotopic (exact) mass is 228 g/mol. The van der Waals surface area contributed by atoms with Crippen molar-refractivity contribution >= 4 is 23.6 Å². The largest absolute Gasteiger partial charge is 0.480 e. The summed E-state index contributed by atoms with van der Waals surface area (Å²) in [5.74, 6) is -0.598. The fourth-order valence-electron chi connectivity index (χ4n) is 1.30. The van der Waals surface area contributed by atoms with Crippen LogP contribution in [0.25, 0.3) is 0 Å². The van der Waals surface area contributed by atoms with Crippen LogP contribution < -0.4 is 0 Å². The summed E-state index contributed by atoms with van der Waals surface area (Å²) in [5.41, 5.74) is 0.142. The number of carboxylic acid groups (broad SMARTS) is 1. The van der Waals surface area contributed by atoms with Gasteiger partial charge in [0.15, 0.2) is 5.69 Å². The Labute approximate surface area is 88.8 Å². The molecular formula is C7H8N4O3S. The van der Waals surface area contributed by atoms with Crippen molar-refractivity contribution in [1.82, 2.24) is 20.3 Å². The van der Waals surface area contributed by atoms with E-state index in [-0.39, 0.29) is 5.69 Å². The molecule has 0 aromatic carbocycles. The van der Waals surface area contributed by atoms with E-state index in [0.717, 1.165) is 0 Å². The minimum absolute atomic E-state index is 0.142. The smallest absolute Gasteiger partial charge is 0.327 e. The lowest BCUT2D eigenvalue weighted by atomic mass is 10.3. The molecule has 15 heavy (non-hydrogen) atoms. The molecule has 1 aliphatic rings. The van der Waals surface area contributed by atoms with Crippen LogP contribution in [0, 0.1) is 0 Å². The number of amides is 1. The Bertz CT molecular complexity index is 380. The first kappa shape index (κ1) is 9.97. The number of hydrogen-bond acceptors (Lipinski definition) is 5. The van der Waals surface area contributed by atoms with Crippen molar-refractivity contribution in [2.45, 2.75) is 6.04 Å². The number of nitrogens with one attached hydrogen (secondary N) is 1. The van der Waals surface area contributed by atoms with Crippen LogP contribution in [0.15, 0.2) is 6.20 Å². The molecule has 8 heteroatoms. The highest BCUT2D eigenvalue weighted by Crippen LogP contribution is 2.22. The number of carbonyl (C=O) groups is 2. The summed E-state index contributed by atoms with van der Waals surface area (Å²) in [4.78, 5) is 23.9. The molecule has 1 saturated heterocycles. The van der Waals surface area contributed by atoms with Crippen LogP contribution in [0.3, 0.4) is 0 Å². The van der Waals surface area contributed by atoms with Crippen molar-refractivity contribution in [1.29, 1.82) is 0 Å². The summed E-state index contributed by atoms with van der Waals surface area (Å²) in [6, 6.07) is -0.765. The summed E-state index contributed by atoms with van der Waals surface area (Å²) in [7, 11) is 0. The van der Waals surface area contributed by atoms with Crippen LogP contribution in [0.1, 0.15) is 10.5 Å². The zero-order valence-electron chi connectivity index (χ0n) is 7.58. The van der Waals surface area contributed by atoms with Crippen molar-refractivity contribution in [3.63, 3.8) is 0 Å². The number of rotatable bonds is 2. The van der Waals surface area contributed by atoms with Gasteiger partial charge in [0, 0.05) is 5.75 Å². The Morgan fingerprint density at radius 3 is 3.07 bits per heavy atom. The van der Waals surface area contributed by atoms with Gasteiger partial charge in [-0.2, -0.15) is 15.4 Å². The summed E-state index contributed by atoms with van der Waals surface area (Å²) < 4.78 is 0. The molecule has 7 nitrogen and oxygen atoms in total. The maximum absolute atomic E-state index is 11.7. The number of hydrogen-bond donors (Lipinski definition) is 2. The Morgan fingerprint density at radius 1 is 1.67 bits per heavy atom. The zero-order chi connectivity index (χ0) is 10.8. The van der Waals surface area contributed by atoms with Crippen LogP contribution in [0.5, 0.6) is 0 Å². The van der Waals surface area contributed by atoms with E-state index in [9.17, 15) is 9.59 Å². The fraction of sp³-hybridized carbons (Fsp3) is 0.429. The molecule has 1 amide bonds. The van der Waals surface area contributed by atoms with Crippen LogP contribution in [-0.4, -0.2) is 55.0 Å². The third-order valence-electron chi connectivity index (χ3n) is 2.06. The predicted molar refractivity (Wildman–Crippen MR) is 51.3 cm³/mol. The summed E-state index contributed by atoms with van der Waals surface area (Å²) in [5, 5.41) is 18.3. The molecule has 0 spiro atoms. The number of aromatic nitrogens is 3. The van der Waals surface area contributed by atoms with Gasteiger partial charge in [-0.3, -0.25) is 4.79 Å². The van der Waals surface area contributed by atoms with Gasteiger partial charge in [-0.25, -0.2) is 4.79 Å². The third kappa shape index (κ3) is 1.80. The molecule has 0 unspecified atom stereocenters. The van der Waals surface area contributed by atoms with E-state index in [1.54, 1.807) is 0 Å². The molecule has 1 aliphatic heterocycles. The lowest BCUT2D eigenvalue weighted by Crippen LogP contribution is -2.41. The molecule has 0 radical (unpaired) electrons. The highest BCUT2D eigenvalue weighted by Gasteiger charge is 2.35. The molecule has 1 aromatic heterocycles. The molecule has 0 aliphatic carbocycles. The van der Waals surface area contributed by atoms with Gasteiger partial charge in [0.2, 0.25) is 0 Å². The molecule has 2 N–H and O–H groups in total. The van der Waals surface area contributed by atoms with Crippen molar-refractivity contribution in [3.05, 3.63) is 11.9 Å². The summed E-state index contributed by atoms with van der Waals surface area (Å²) in [6.07, 6.45) is 1.28. The Hall–Kier alpha value is -1.57. The van der Waals surface area contributed by atoms with Gasteiger partial charge in [-0.1, -0.05) is 0 Å². The standard InChI is InChI=1S/C7H8N4O3S/c12-6(4-1-8-10-9-4)11-3-15-2-5(11)7(13)14/h1,5H,2-3H2,(H,13,14)(H,8,9,10)/t5-/m0/s1. The van der Waals surface area contributed by atoms with Gasteiger partial charge in [-0.15, -0.1) is 11.8 Å². The lowest BCUT2D eigenvalue weighted by Gasteiger charge is -2.18. The number of thioether (sulfide) groups is 1. The quantitative estimate of drug-likeness (QED) is 0.701. The van der Waals surface area contributed by atoms with Gasteiger partial charge < -0.3 is 10.0 Å². The van der Waals surface area contributed by atoms with Crippen LogP contribution >= 0.6 is 11.8 Å². The van der Waals surface area contributed by atoms with E-state index in [2.05, 4.69) is 15.4 Å². The predicted octanol–water partition coefficient (Wildman–Crippen LogP) is -0.596. The number of aromatic amines is 1. The first-order valence-corrected chi connectivity index (χ1v) is 5.33. The normalized spacial score (nSPS) is 20.5. The van der Waals surface area contributed by atoms with E-state index in [4.69, 9.17) is 5.11 Å². The minimum Gasteiger partial charge on any atom is -0.480 e. The number of nitrogens with zero attached hydrogens (tertiary/aromatic N) is 3. The van der Waals surface area contributed by atoms with Crippen molar-refractivity contribution < 1.29 is 14.7 Å². The first-order valence-electron chi connectivity index (χ1n) is 4.17. The van der Waals surface area contributed by atoms with Gasteiger partial charge >= 0.3 is 5.97 Å².